The van der Waals surface area contributed by atoms with Crippen molar-refractivity contribution in [1.82, 2.24) is 5.32 Å². The molecule has 0 fully saturated rings. The van der Waals surface area contributed by atoms with E-state index >= 15 is 0 Å². The van der Waals surface area contributed by atoms with Crippen molar-refractivity contribution in [3.63, 3.8) is 0 Å². The van der Waals surface area contributed by atoms with Gasteiger partial charge in [0.05, 0.1) is 12.2 Å². The molecule has 45 heavy (non-hydrogen) atoms. The molecule has 0 bridgehead atoms. The number of carbonyl (C=O) groups excluding carboxylic acids is 1. The van der Waals surface area contributed by atoms with Crippen molar-refractivity contribution in [2.24, 2.45) is 0 Å². The highest BCUT2D eigenvalue weighted by molar-refractivity contribution is 5.89. The van der Waals surface area contributed by atoms with Gasteiger partial charge in [-0.05, 0) is 72.4 Å². The lowest BCUT2D eigenvalue weighted by molar-refractivity contribution is -0.702. The van der Waals surface area contributed by atoms with E-state index in [-0.39, 0.29) is 12.1 Å². The van der Waals surface area contributed by atoms with E-state index in [1.807, 2.05) is 30.3 Å². The summed E-state index contributed by atoms with van der Waals surface area (Å²) < 4.78 is 5.93. The van der Waals surface area contributed by atoms with Crippen LogP contribution in [-0.2, 0) is 24.7 Å². The van der Waals surface area contributed by atoms with Crippen LogP contribution in [0.1, 0.15) is 178 Å². The summed E-state index contributed by atoms with van der Waals surface area (Å²) in [5, 5.41) is 22.7. The molecule has 0 saturated carbocycles. The van der Waals surface area contributed by atoms with Gasteiger partial charge in [-0.3, -0.25) is 0 Å². The summed E-state index contributed by atoms with van der Waals surface area (Å²) in [7, 11) is 0. The van der Waals surface area contributed by atoms with Gasteiger partial charge in [0.15, 0.2) is 0 Å². The van der Waals surface area contributed by atoms with Crippen molar-refractivity contribution in [2.45, 2.75) is 174 Å². The SMILES string of the molecule is CCCCCCCCCCCCCCCCCCNCCC(CCCCCCCCCOOOOO)OC(=O)c1ccccc1. The summed E-state index contributed by atoms with van der Waals surface area (Å²) in [5.41, 5.74) is 0.619. The highest BCUT2D eigenvalue weighted by Gasteiger charge is 2.15. The van der Waals surface area contributed by atoms with E-state index in [0.29, 0.717) is 12.2 Å². The molecule has 0 amide bonds. The van der Waals surface area contributed by atoms with Crippen molar-refractivity contribution in [2.75, 3.05) is 19.7 Å². The number of ether oxygens (including phenoxy) is 1. The quantitative estimate of drug-likeness (QED) is 0.0328. The molecule has 8 heteroatoms. The lowest BCUT2D eigenvalue weighted by Crippen LogP contribution is -2.25. The van der Waals surface area contributed by atoms with E-state index in [4.69, 9.17) is 9.99 Å². The molecule has 262 valence electrons. The third kappa shape index (κ3) is 28.4. The number of nitrogens with one attached hydrogen (secondary N) is 1. The molecule has 0 aliphatic heterocycles. The fraction of sp³-hybridized carbons (Fsp3) is 0.811. The van der Waals surface area contributed by atoms with Gasteiger partial charge < -0.3 is 10.1 Å². The molecular formula is C37H67NO7. The number of rotatable bonds is 35. The maximum Gasteiger partial charge on any atom is 0.338 e. The predicted molar refractivity (Wildman–Crippen MR) is 181 cm³/mol. The third-order valence-electron chi connectivity index (χ3n) is 8.49. The second kappa shape index (κ2) is 33.8. The molecule has 0 aliphatic carbocycles. The third-order valence-corrected chi connectivity index (χ3v) is 8.49. The van der Waals surface area contributed by atoms with Gasteiger partial charge in [-0.2, -0.15) is 0 Å². The normalized spacial score (nSPS) is 12.0. The Hall–Kier alpha value is -1.55. The van der Waals surface area contributed by atoms with Crippen molar-refractivity contribution in [1.29, 1.82) is 0 Å². The Morgan fingerprint density at radius 2 is 1.13 bits per heavy atom. The van der Waals surface area contributed by atoms with Gasteiger partial charge in [-0.1, -0.05) is 154 Å². The standard InChI is InChI=1S/C37H67NO7/c1-2-3-4-5-6-7-8-9-10-11-12-13-14-17-20-26-32-38-33-31-36(42-37(39)35-28-23-22-24-29-35)30-25-19-16-15-18-21-27-34-41-44-45-43-40/h22-24,28-29,36,38,40H,2-21,25-27,30-34H2,1H3. The number of carbonyl (C=O) groups is 1. The highest BCUT2D eigenvalue weighted by Crippen LogP contribution is 2.16. The van der Waals surface area contributed by atoms with Gasteiger partial charge in [0, 0.05) is 0 Å². The zero-order valence-corrected chi connectivity index (χ0v) is 28.7. The molecule has 1 aromatic rings. The zero-order chi connectivity index (χ0) is 32.3. The van der Waals surface area contributed by atoms with E-state index in [0.717, 1.165) is 70.9 Å². The van der Waals surface area contributed by atoms with Crippen LogP contribution in [0.4, 0.5) is 0 Å². The number of unbranched alkanes of at least 4 members (excludes halogenated alkanes) is 21. The molecule has 8 nitrogen and oxygen atoms in total. The first-order valence-electron chi connectivity index (χ1n) is 18.5. The van der Waals surface area contributed by atoms with E-state index in [9.17, 15) is 4.79 Å². The van der Waals surface area contributed by atoms with Gasteiger partial charge in [0.25, 0.3) is 0 Å². The smallest absolute Gasteiger partial charge is 0.338 e. The molecule has 0 aromatic heterocycles. The Morgan fingerprint density at radius 3 is 1.69 bits per heavy atom. The molecule has 0 saturated heterocycles. The molecule has 0 aliphatic rings. The van der Waals surface area contributed by atoms with Crippen LogP contribution in [-0.4, -0.2) is 37.0 Å². The topological polar surface area (TPSA) is 95.5 Å². The molecule has 1 aromatic carbocycles. The van der Waals surface area contributed by atoms with Gasteiger partial charge in [-0.25, -0.2) is 14.9 Å². The Morgan fingerprint density at radius 1 is 0.622 bits per heavy atom. The average molecular weight is 638 g/mol. The van der Waals surface area contributed by atoms with E-state index < -0.39 is 0 Å². The minimum absolute atomic E-state index is 0.0572. The maximum absolute atomic E-state index is 12.7. The van der Waals surface area contributed by atoms with Crippen LogP contribution in [0.5, 0.6) is 0 Å². The lowest BCUT2D eigenvalue weighted by Gasteiger charge is -2.18. The molecule has 1 unspecified atom stereocenters. The average Bonchev–Trinajstić information content (AvgIpc) is 3.06. The number of esters is 1. The maximum atomic E-state index is 12.7. The van der Waals surface area contributed by atoms with Gasteiger partial charge in [0.1, 0.15) is 6.10 Å². The van der Waals surface area contributed by atoms with E-state index in [2.05, 4.69) is 32.2 Å². The van der Waals surface area contributed by atoms with E-state index in [1.165, 1.54) is 103 Å². The van der Waals surface area contributed by atoms with Crippen LogP contribution in [0, 0.1) is 0 Å². The molecule has 0 spiro atoms. The van der Waals surface area contributed by atoms with Crippen molar-refractivity contribution in [3.05, 3.63) is 35.9 Å². The monoisotopic (exact) mass is 637 g/mol. The Labute approximate surface area is 275 Å². The Kier molecular flexibility index (Phi) is 31.2. The van der Waals surface area contributed by atoms with Crippen LogP contribution in [0.2, 0.25) is 0 Å². The second-order valence-corrected chi connectivity index (χ2v) is 12.5. The Bertz CT molecular complexity index is 737. The van der Waals surface area contributed by atoms with Crippen LogP contribution in [0.15, 0.2) is 30.3 Å². The minimum atomic E-state index is -0.222. The molecular weight excluding hydrogens is 570 g/mol. The zero-order valence-electron chi connectivity index (χ0n) is 28.7. The van der Waals surface area contributed by atoms with Crippen LogP contribution in [0.3, 0.4) is 0 Å². The van der Waals surface area contributed by atoms with Crippen LogP contribution in [0.25, 0.3) is 0 Å². The Balaban J connectivity index is 2.05. The van der Waals surface area contributed by atoms with Gasteiger partial charge >= 0.3 is 5.97 Å². The summed E-state index contributed by atoms with van der Waals surface area (Å²) in [4.78, 5) is 17.3. The van der Waals surface area contributed by atoms with Crippen molar-refractivity contribution in [3.8, 4) is 0 Å². The van der Waals surface area contributed by atoms with Crippen LogP contribution >= 0.6 is 0 Å². The number of hydrogen-bond donors (Lipinski definition) is 2. The number of benzene rings is 1. The summed E-state index contributed by atoms with van der Waals surface area (Å²) in [6, 6.07) is 9.31. The summed E-state index contributed by atoms with van der Waals surface area (Å²) in [5.74, 6) is -0.222. The summed E-state index contributed by atoms with van der Waals surface area (Å²) in [6.07, 6.45) is 31.4. The van der Waals surface area contributed by atoms with Crippen molar-refractivity contribution >= 4 is 5.97 Å². The van der Waals surface area contributed by atoms with Crippen LogP contribution < -0.4 is 5.32 Å². The van der Waals surface area contributed by atoms with Gasteiger partial charge in [-0.15, -0.1) is 0 Å². The van der Waals surface area contributed by atoms with Gasteiger partial charge in [0.2, 0.25) is 0 Å². The second-order valence-electron chi connectivity index (χ2n) is 12.5. The molecule has 0 heterocycles. The highest BCUT2D eigenvalue weighted by atomic mass is 17.8. The molecule has 1 rings (SSSR count). The first-order valence-corrected chi connectivity index (χ1v) is 18.5. The predicted octanol–water partition coefficient (Wildman–Crippen LogP) is 10.9. The lowest BCUT2D eigenvalue weighted by atomic mass is 10.0. The summed E-state index contributed by atoms with van der Waals surface area (Å²) >= 11 is 0. The molecule has 1 atom stereocenters. The van der Waals surface area contributed by atoms with E-state index in [1.54, 1.807) is 0 Å². The molecule has 2 N–H and O–H groups in total. The number of hydrogen-bond acceptors (Lipinski definition) is 8. The fourth-order valence-corrected chi connectivity index (χ4v) is 5.72. The molecule has 0 radical (unpaired) electrons. The minimum Gasteiger partial charge on any atom is -0.459 e. The summed E-state index contributed by atoms with van der Waals surface area (Å²) in [6.45, 7) is 4.59. The fourth-order valence-electron chi connectivity index (χ4n) is 5.72. The first-order chi connectivity index (χ1) is 22.3. The first kappa shape index (κ1) is 41.5. The van der Waals surface area contributed by atoms with Crippen molar-refractivity contribution < 1.29 is 34.8 Å². The largest absolute Gasteiger partial charge is 0.459 e.